The monoisotopic (exact) mass is 338 g/mol. The minimum absolute atomic E-state index is 0.222. The van der Waals surface area contributed by atoms with Crippen LogP contribution in [0.4, 0.5) is 10.5 Å². The van der Waals surface area contributed by atoms with Crippen LogP contribution in [0.1, 0.15) is 5.56 Å². The van der Waals surface area contributed by atoms with Gasteiger partial charge in [0.1, 0.15) is 0 Å². The topological polar surface area (TPSA) is 59.6 Å². The molecule has 0 radical (unpaired) electrons. The van der Waals surface area contributed by atoms with Gasteiger partial charge in [0, 0.05) is 11.6 Å². The van der Waals surface area contributed by atoms with Crippen LogP contribution in [0.3, 0.4) is 0 Å². The summed E-state index contributed by atoms with van der Waals surface area (Å²) < 4.78 is 10.5. The van der Waals surface area contributed by atoms with Gasteiger partial charge in [-0.1, -0.05) is 29.3 Å². The number of carbonyl (C=O) groups is 1. The van der Waals surface area contributed by atoms with Crippen molar-refractivity contribution in [2.24, 2.45) is 0 Å². The highest BCUT2D eigenvalue weighted by molar-refractivity contribution is 6.35. The van der Waals surface area contributed by atoms with Gasteiger partial charge >= 0.3 is 6.03 Å². The Labute approximate surface area is 137 Å². The molecule has 0 bridgehead atoms. The van der Waals surface area contributed by atoms with Crippen molar-refractivity contribution in [2.75, 3.05) is 12.1 Å². The summed E-state index contributed by atoms with van der Waals surface area (Å²) in [5.74, 6) is 1.39. The van der Waals surface area contributed by atoms with Crippen molar-refractivity contribution >= 4 is 34.9 Å². The zero-order valence-corrected chi connectivity index (χ0v) is 12.9. The standard InChI is InChI=1S/C15H12Cl2N2O3/c16-10-2-3-11(17)12(6-10)19-15(20)18-7-9-1-4-13-14(5-9)22-8-21-13/h1-6H,7-8H2,(H2,18,19,20). The number of urea groups is 1. The van der Waals surface area contributed by atoms with Gasteiger partial charge in [0.05, 0.1) is 10.7 Å². The Kier molecular flexibility index (Phi) is 4.27. The summed E-state index contributed by atoms with van der Waals surface area (Å²) >= 11 is 11.9. The van der Waals surface area contributed by atoms with Crippen LogP contribution in [0.15, 0.2) is 36.4 Å². The van der Waals surface area contributed by atoms with E-state index in [2.05, 4.69) is 10.6 Å². The number of fused-ring (bicyclic) bond motifs is 1. The van der Waals surface area contributed by atoms with Crippen LogP contribution < -0.4 is 20.1 Å². The first-order valence-corrected chi connectivity index (χ1v) is 7.26. The van der Waals surface area contributed by atoms with Gasteiger partial charge < -0.3 is 20.1 Å². The summed E-state index contributed by atoms with van der Waals surface area (Å²) in [6.45, 7) is 0.570. The van der Waals surface area contributed by atoms with Crippen molar-refractivity contribution in [3.63, 3.8) is 0 Å². The molecule has 3 rings (SSSR count). The van der Waals surface area contributed by atoms with Crippen LogP contribution in [0.2, 0.25) is 10.0 Å². The van der Waals surface area contributed by atoms with E-state index in [1.807, 2.05) is 18.2 Å². The molecule has 5 nitrogen and oxygen atoms in total. The normalized spacial score (nSPS) is 12.1. The van der Waals surface area contributed by atoms with Crippen molar-refractivity contribution in [1.29, 1.82) is 0 Å². The molecule has 1 heterocycles. The summed E-state index contributed by atoms with van der Waals surface area (Å²) in [5, 5.41) is 6.30. The van der Waals surface area contributed by atoms with Crippen molar-refractivity contribution in [2.45, 2.75) is 6.54 Å². The highest BCUT2D eigenvalue weighted by atomic mass is 35.5. The number of hydrogen-bond acceptors (Lipinski definition) is 3. The summed E-state index contributed by atoms with van der Waals surface area (Å²) in [5.41, 5.74) is 1.36. The number of anilines is 1. The number of rotatable bonds is 3. The molecule has 0 saturated heterocycles. The average Bonchev–Trinajstić information content (AvgIpc) is 2.96. The molecular formula is C15H12Cl2N2O3. The molecule has 0 saturated carbocycles. The predicted molar refractivity (Wildman–Crippen MR) is 84.9 cm³/mol. The molecule has 2 aromatic rings. The van der Waals surface area contributed by atoms with Crippen LogP contribution in [0, 0.1) is 0 Å². The third kappa shape index (κ3) is 3.37. The molecule has 7 heteroatoms. The molecular weight excluding hydrogens is 327 g/mol. The van der Waals surface area contributed by atoms with Crippen molar-refractivity contribution in [1.82, 2.24) is 5.32 Å². The number of hydrogen-bond donors (Lipinski definition) is 2. The summed E-state index contributed by atoms with van der Waals surface area (Å²) in [7, 11) is 0. The molecule has 2 N–H and O–H groups in total. The van der Waals surface area contributed by atoms with Gasteiger partial charge in [-0.3, -0.25) is 0 Å². The maximum absolute atomic E-state index is 11.9. The molecule has 0 aliphatic carbocycles. The van der Waals surface area contributed by atoms with E-state index in [-0.39, 0.29) is 12.8 Å². The zero-order valence-electron chi connectivity index (χ0n) is 11.4. The summed E-state index contributed by atoms with van der Waals surface area (Å²) in [4.78, 5) is 11.9. The van der Waals surface area contributed by atoms with E-state index in [9.17, 15) is 4.79 Å². The SMILES string of the molecule is O=C(NCc1ccc2c(c1)OCO2)Nc1cc(Cl)ccc1Cl. The van der Waals surface area contributed by atoms with Crippen LogP contribution >= 0.6 is 23.2 Å². The Bertz CT molecular complexity index is 722. The maximum atomic E-state index is 11.9. The minimum Gasteiger partial charge on any atom is -0.454 e. The van der Waals surface area contributed by atoms with Crippen molar-refractivity contribution < 1.29 is 14.3 Å². The van der Waals surface area contributed by atoms with Crippen molar-refractivity contribution in [3.05, 3.63) is 52.0 Å². The Morgan fingerprint density at radius 1 is 1.09 bits per heavy atom. The second kappa shape index (κ2) is 6.34. The molecule has 2 aromatic carbocycles. The third-order valence-corrected chi connectivity index (χ3v) is 3.63. The predicted octanol–water partition coefficient (Wildman–Crippen LogP) is 4.04. The molecule has 0 unspecified atom stereocenters. The van der Waals surface area contributed by atoms with Crippen LogP contribution in [0.25, 0.3) is 0 Å². The fraction of sp³-hybridized carbons (Fsp3) is 0.133. The second-order valence-corrected chi connectivity index (χ2v) is 5.46. The number of benzene rings is 2. The Morgan fingerprint density at radius 3 is 2.77 bits per heavy atom. The molecule has 22 heavy (non-hydrogen) atoms. The highest BCUT2D eigenvalue weighted by Crippen LogP contribution is 2.32. The number of ether oxygens (including phenoxy) is 2. The van der Waals surface area contributed by atoms with Gasteiger partial charge in [-0.2, -0.15) is 0 Å². The van der Waals surface area contributed by atoms with E-state index < -0.39 is 0 Å². The van der Waals surface area contributed by atoms with E-state index in [0.29, 0.717) is 33.8 Å². The maximum Gasteiger partial charge on any atom is 0.319 e. The van der Waals surface area contributed by atoms with E-state index in [4.69, 9.17) is 32.7 Å². The largest absolute Gasteiger partial charge is 0.454 e. The molecule has 114 valence electrons. The molecule has 2 amide bonds. The molecule has 1 aliphatic rings. The Balaban J connectivity index is 1.59. The van der Waals surface area contributed by atoms with Gasteiger partial charge in [0.15, 0.2) is 11.5 Å². The lowest BCUT2D eigenvalue weighted by Gasteiger charge is -2.09. The Morgan fingerprint density at radius 2 is 1.91 bits per heavy atom. The fourth-order valence-corrected chi connectivity index (χ4v) is 2.33. The highest BCUT2D eigenvalue weighted by Gasteiger charge is 2.13. The molecule has 0 atom stereocenters. The quantitative estimate of drug-likeness (QED) is 0.887. The number of nitrogens with one attached hydrogen (secondary N) is 2. The Hall–Kier alpha value is -2.11. The lowest BCUT2D eigenvalue weighted by atomic mass is 10.2. The number of amides is 2. The van der Waals surface area contributed by atoms with Gasteiger partial charge in [0.2, 0.25) is 6.79 Å². The summed E-state index contributed by atoms with van der Waals surface area (Å²) in [6.07, 6.45) is 0. The van der Waals surface area contributed by atoms with E-state index >= 15 is 0 Å². The van der Waals surface area contributed by atoms with Gasteiger partial charge in [-0.15, -0.1) is 0 Å². The zero-order chi connectivity index (χ0) is 15.5. The van der Waals surface area contributed by atoms with E-state index in [1.165, 1.54) is 0 Å². The van der Waals surface area contributed by atoms with Gasteiger partial charge in [0.25, 0.3) is 0 Å². The van der Waals surface area contributed by atoms with E-state index in [1.54, 1.807) is 18.2 Å². The van der Waals surface area contributed by atoms with Gasteiger partial charge in [-0.05, 0) is 35.9 Å². The summed E-state index contributed by atoms with van der Waals surface area (Å²) in [6, 6.07) is 9.99. The molecule has 0 aromatic heterocycles. The second-order valence-electron chi connectivity index (χ2n) is 4.62. The van der Waals surface area contributed by atoms with Gasteiger partial charge in [-0.25, -0.2) is 4.79 Å². The fourth-order valence-electron chi connectivity index (χ4n) is 1.99. The first kappa shape index (κ1) is 14.8. The van der Waals surface area contributed by atoms with E-state index in [0.717, 1.165) is 5.56 Å². The molecule has 0 spiro atoms. The smallest absolute Gasteiger partial charge is 0.319 e. The third-order valence-electron chi connectivity index (χ3n) is 3.07. The molecule has 0 fully saturated rings. The minimum atomic E-state index is -0.373. The first-order valence-electron chi connectivity index (χ1n) is 6.50. The van der Waals surface area contributed by atoms with Crippen LogP contribution in [-0.2, 0) is 6.54 Å². The van der Waals surface area contributed by atoms with Crippen LogP contribution in [-0.4, -0.2) is 12.8 Å². The average molecular weight is 339 g/mol. The lowest BCUT2D eigenvalue weighted by molar-refractivity contribution is 0.174. The van der Waals surface area contributed by atoms with Crippen LogP contribution in [0.5, 0.6) is 11.5 Å². The lowest BCUT2D eigenvalue weighted by Crippen LogP contribution is -2.28. The number of halogens is 2. The number of carbonyl (C=O) groups excluding carboxylic acids is 1. The first-order chi connectivity index (χ1) is 10.6. The molecule has 1 aliphatic heterocycles. The van der Waals surface area contributed by atoms with Crippen molar-refractivity contribution in [3.8, 4) is 11.5 Å².